The molecule has 2 fully saturated rings. The third-order valence-electron chi connectivity index (χ3n) is 6.17. The lowest BCUT2D eigenvalue weighted by Gasteiger charge is -2.51. The molecule has 150 valence electrons. The molecule has 5 nitrogen and oxygen atoms in total. The summed E-state index contributed by atoms with van der Waals surface area (Å²) < 4.78 is 5.59. The lowest BCUT2D eigenvalue weighted by Crippen LogP contribution is -2.60. The minimum atomic E-state index is -0.904. The highest BCUT2D eigenvalue weighted by atomic mass is 16.6. The standard InChI is InChI=1S/C24H26N2O3/c25-16-20-10-5-4-9-19(20)13-24(28)14-21-11-6-12-22(15-24)26(21)23(27)29-17-18-7-2-1-3-8-18/h1-5,7-10,21-22,28H,6,11-15,17H2. The Balaban J connectivity index is 1.46. The van der Waals surface area contributed by atoms with E-state index in [9.17, 15) is 15.2 Å². The molecule has 2 aliphatic rings. The third kappa shape index (κ3) is 4.28. The number of nitriles is 1. The normalized spacial score (nSPS) is 25.9. The van der Waals surface area contributed by atoms with Gasteiger partial charge in [0.25, 0.3) is 0 Å². The number of carbonyl (C=O) groups excluding carboxylic acids is 1. The first-order valence-electron chi connectivity index (χ1n) is 10.3. The summed E-state index contributed by atoms with van der Waals surface area (Å²) in [6.07, 6.45) is 3.99. The summed E-state index contributed by atoms with van der Waals surface area (Å²) >= 11 is 0. The van der Waals surface area contributed by atoms with Crippen molar-refractivity contribution in [3.8, 4) is 6.07 Å². The SMILES string of the molecule is N#Cc1ccccc1CC1(O)CC2CCCC(C1)N2C(=O)OCc1ccccc1. The maximum absolute atomic E-state index is 12.8. The minimum absolute atomic E-state index is 0.0231. The number of benzene rings is 2. The molecule has 1 amide bonds. The molecule has 0 spiro atoms. The number of hydrogen-bond donors (Lipinski definition) is 1. The fraction of sp³-hybridized carbons (Fsp3) is 0.417. The Labute approximate surface area is 171 Å². The van der Waals surface area contributed by atoms with Crippen LogP contribution in [-0.4, -0.2) is 33.8 Å². The van der Waals surface area contributed by atoms with E-state index in [0.29, 0.717) is 24.8 Å². The van der Waals surface area contributed by atoms with Gasteiger partial charge in [0, 0.05) is 18.5 Å². The molecule has 2 unspecified atom stereocenters. The quantitative estimate of drug-likeness (QED) is 0.850. The maximum Gasteiger partial charge on any atom is 0.410 e. The Kier molecular flexibility index (Phi) is 5.55. The van der Waals surface area contributed by atoms with Crippen molar-refractivity contribution in [1.82, 2.24) is 4.90 Å². The first kappa shape index (κ1) is 19.5. The third-order valence-corrected chi connectivity index (χ3v) is 6.17. The highest BCUT2D eigenvalue weighted by molar-refractivity contribution is 5.69. The summed E-state index contributed by atoms with van der Waals surface area (Å²) in [6, 6.07) is 19.3. The van der Waals surface area contributed by atoms with Crippen LogP contribution in [0.5, 0.6) is 0 Å². The molecule has 2 aliphatic heterocycles. The molecule has 2 heterocycles. The van der Waals surface area contributed by atoms with Crippen LogP contribution in [0, 0.1) is 11.3 Å². The number of carbonyl (C=O) groups is 1. The van der Waals surface area contributed by atoms with Gasteiger partial charge in [0.15, 0.2) is 0 Å². The fourth-order valence-electron chi connectivity index (χ4n) is 4.90. The van der Waals surface area contributed by atoms with Crippen LogP contribution in [0.15, 0.2) is 54.6 Å². The van der Waals surface area contributed by atoms with Gasteiger partial charge in [-0.2, -0.15) is 5.26 Å². The van der Waals surface area contributed by atoms with Crippen molar-refractivity contribution in [2.45, 2.75) is 62.8 Å². The van der Waals surface area contributed by atoms with Crippen LogP contribution in [0.1, 0.15) is 48.8 Å². The second kappa shape index (κ2) is 8.26. The average molecular weight is 390 g/mol. The second-order valence-corrected chi connectivity index (χ2v) is 8.26. The van der Waals surface area contributed by atoms with Crippen LogP contribution in [0.2, 0.25) is 0 Å². The lowest BCUT2D eigenvalue weighted by atomic mass is 9.73. The van der Waals surface area contributed by atoms with Crippen LogP contribution in [0.25, 0.3) is 0 Å². The molecule has 5 heteroatoms. The van der Waals surface area contributed by atoms with Gasteiger partial charge in [-0.05, 0) is 49.3 Å². The number of piperidine rings is 2. The first-order valence-corrected chi connectivity index (χ1v) is 10.3. The number of amides is 1. The predicted molar refractivity (Wildman–Crippen MR) is 109 cm³/mol. The molecule has 2 saturated heterocycles. The number of fused-ring (bicyclic) bond motifs is 2. The predicted octanol–water partition coefficient (Wildman–Crippen LogP) is 4.19. The summed E-state index contributed by atoms with van der Waals surface area (Å²) in [5.41, 5.74) is 1.54. The van der Waals surface area contributed by atoms with Crippen LogP contribution >= 0.6 is 0 Å². The van der Waals surface area contributed by atoms with Gasteiger partial charge in [0.2, 0.25) is 0 Å². The second-order valence-electron chi connectivity index (χ2n) is 8.26. The van der Waals surface area contributed by atoms with E-state index in [2.05, 4.69) is 6.07 Å². The van der Waals surface area contributed by atoms with E-state index < -0.39 is 5.60 Å². The summed E-state index contributed by atoms with van der Waals surface area (Å²) in [7, 11) is 0. The van der Waals surface area contributed by atoms with E-state index in [-0.39, 0.29) is 24.8 Å². The van der Waals surface area contributed by atoms with Gasteiger partial charge in [-0.25, -0.2) is 4.79 Å². The molecule has 0 aromatic heterocycles. The van der Waals surface area contributed by atoms with E-state index in [4.69, 9.17) is 4.74 Å². The zero-order chi connectivity index (χ0) is 20.3. The molecule has 4 rings (SSSR count). The first-order chi connectivity index (χ1) is 14.1. The lowest BCUT2D eigenvalue weighted by molar-refractivity contribution is -0.0846. The Hall–Kier alpha value is -2.84. The molecule has 2 aromatic carbocycles. The number of ether oxygens (including phenoxy) is 1. The van der Waals surface area contributed by atoms with Gasteiger partial charge >= 0.3 is 6.09 Å². The average Bonchev–Trinajstić information content (AvgIpc) is 2.72. The van der Waals surface area contributed by atoms with Crippen molar-refractivity contribution < 1.29 is 14.6 Å². The van der Waals surface area contributed by atoms with E-state index in [1.807, 2.05) is 53.4 Å². The van der Waals surface area contributed by atoms with E-state index in [0.717, 1.165) is 30.4 Å². The number of nitrogens with zero attached hydrogens (tertiary/aromatic N) is 2. The molecular weight excluding hydrogens is 364 g/mol. The van der Waals surface area contributed by atoms with Crippen molar-refractivity contribution in [2.24, 2.45) is 0 Å². The topological polar surface area (TPSA) is 73.6 Å². The molecule has 2 bridgehead atoms. The monoisotopic (exact) mass is 390 g/mol. The van der Waals surface area contributed by atoms with Crippen molar-refractivity contribution in [1.29, 1.82) is 5.26 Å². The molecule has 2 aromatic rings. The highest BCUT2D eigenvalue weighted by Crippen LogP contribution is 2.41. The van der Waals surface area contributed by atoms with E-state index >= 15 is 0 Å². The largest absolute Gasteiger partial charge is 0.445 e. The summed E-state index contributed by atoms with van der Waals surface area (Å²) in [4.78, 5) is 14.7. The Morgan fingerprint density at radius 3 is 2.45 bits per heavy atom. The summed E-state index contributed by atoms with van der Waals surface area (Å²) in [6.45, 7) is 0.259. The summed E-state index contributed by atoms with van der Waals surface area (Å²) in [5.74, 6) is 0. The molecule has 2 atom stereocenters. The highest BCUT2D eigenvalue weighted by Gasteiger charge is 2.48. The molecule has 29 heavy (non-hydrogen) atoms. The van der Waals surface area contributed by atoms with Gasteiger partial charge < -0.3 is 14.7 Å². The minimum Gasteiger partial charge on any atom is -0.445 e. The van der Waals surface area contributed by atoms with Gasteiger partial charge in [0.05, 0.1) is 17.2 Å². The van der Waals surface area contributed by atoms with Gasteiger partial charge in [-0.1, -0.05) is 48.5 Å². The Bertz CT molecular complexity index is 892. The van der Waals surface area contributed by atoms with Gasteiger partial charge in [0.1, 0.15) is 6.61 Å². The Morgan fingerprint density at radius 2 is 1.76 bits per heavy atom. The smallest absolute Gasteiger partial charge is 0.410 e. The van der Waals surface area contributed by atoms with Crippen molar-refractivity contribution in [3.63, 3.8) is 0 Å². The zero-order valence-corrected chi connectivity index (χ0v) is 16.5. The maximum atomic E-state index is 12.8. The number of hydrogen-bond acceptors (Lipinski definition) is 4. The fourth-order valence-corrected chi connectivity index (χ4v) is 4.90. The van der Waals surface area contributed by atoms with Crippen LogP contribution < -0.4 is 0 Å². The molecule has 0 aliphatic carbocycles. The molecule has 1 N–H and O–H groups in total. The zero-order valence-electron chi connectivity index (χ0n) is 16.5. The van der Waals surface area contributed by atoms with E-state index in [1.54, 1.807) is 6.07 Å². The van der Waals surface area contributed by atoms with E-state index in [1.165, 1.54) is 0 Å². The number of rotatable bonds is 4. The summed E-state index contributed by atoms with van der Waals surface area (Å²) in [5, 5.41) is 20.7. The molecule has 0 saturated carbocycles. The van der Waals surface area contributed by atoms with Crippen LogP contribution in [-0.2, 0) is 17.8 Å². The van der Waals surface area contributed by atoms with Crippen molar-refractivity contribution >= 4 is 6.09 Å². The number of aliphatic hydroxyl groups is 1. The van der Waals surface area contributed by atoms with Crippen molar-refractivity contribution in [2.75, 3.05) is 0 Å². The van der Waals surface area contributed by atoms with Crippen LogP contribution in [0.3, 0.4) is 0 Å². The van der Waals surface area contributed by atoms with Crippen LogP contribution in [0.4, 0.5) is 4.79 Å². The van der Waals surface area contributed by atoms with Gasteiger partial charge in [-0.15, -0.1) is 0 Å². The van der Waals surface area contributed by atoms with Gasteiger partial charge in [-0.3, -0.25) is 0 Å². The Morgan fingerprint density at radius 1 is 1.10 bits per heavy atom. The molecular formula is C24H26N2O3. The molecule has 0 radical (unpaired) electrons. The van der Waals surface area contributed by atoms with Crippen molar-refractivity contribution in [3.05, 3.63) is 71.3 Å².